The van der Waals surface area contributed by atoms with Gasteiger partial charge in [-0.1, -0.05) is 32.4 Å². The normalized spacial score (nSPS) is 16.4. The maximum Gasteiger partial charge on any atom is 0.0931 e. The van der Waals surface area contributed by atoms with Gasteiger partial charge in [-0.3, -0.25) is 0 Å². The summed E-state index contributed by atoms with van der Waals surface area (Å²) in [6, 6.07) is 3.68. The second kappa shape index (κ2) is 4.83. The van der Waals surface area contributed by atoms with Crippen molar-refractivity contribution in [3.63, 3.8) is 0 Å². The van der Waals surface area contributed by atoms with Crippen LogP contribution >= 0.6 is 22.9 Å². The number of rotatable bonds is 3. The summed E-state index contributed by atoms with van der Waals surface area (Å²) in [5.74, 6) is 0. The Kier molecular flexibility index (Phi) is 4.18. The molecule has 4 heteroatoms. The topological polar surface area (TPSA) is 40.5 Å². The third-order valence-electron chi connectivity index (χ3n) is 2.29. The average Bonchev–Trinajstić information content (AvgIpc) is 2.48. The lowest BCUT2D eigenvalue weighted by molar-refractivity contribution is -0.0430. The van der Waals surface area contributed by atoms with Crippen LogP contribution in [-0.4, -0.2) is 22.4 Å². The Morgan fingerprint density at radius 2 is 1.93 bits per heavy atom. The summed E-state index contributed by atoms with van der Waals surface area (Å²) in [5, 5.41) is 19.7. The molecule has 0 aliphatic heterocycles. The van der Waals surface area contributed by atoms with Crippen molar-refractivity contribution in [1.82, 2.24) is 0 Å². The van der Waals surface area contributed by atoms with Gasteiger partial charge < -0.3 is 10.2 Å². The molecule has 0 saturated heterocycles. The predicted octanol–water partition coefficient (Wildman–Crippen LogP) is 2.71. The third kappa shape index (κ3) is 3.76. The molecule has 0 amide bonds. The molecule has 0 spiro atoms. The molecule has 2 nitrogen and oxygen atoms in total. The number of aliphatic hydroxyl groups is 2. The highest BCUT2D eigenvalue weighted by Crippen LogP contribution is 2.27. The van der Waals surface area contributed by atoms with E-state index in [0.29, 0.717) is 10.8 Å². The summed E-state index contributed by atoms with van der Waals surface area (Å²) in [5.41, 5.74) is -0.305. The second-order valence-electron chi connectivity index (χ2n) is 4.79. The van der Waals surface area contributed by atoms with Gasteiger partial charge in [-0.05, 0) is 17.5 Å². The number of halogens is 1. The third-order valence-corrected chi connectivity index (χ3v) is 3.54. The monoisotopic (exact) mass is 248 g/mol. The summed E-state index contributed by atoms with van der Waals surface area (Å²) >= 11 is 7.23. The van der Waals surface area contributed by atoms with Crippen LogP contribution in [0.1, 0.15) is 25.6 Å². The van der Waals surface area contributed by atoms with E-state index in [0.717, 1.165) is 4.88 Å². The van der Waals surface area contributed by atoms with Gasteiger partial charge >= 0.3 is 0 Å². The van der Waals surface area contributed by atoms with Gasteiger partial charge in [0.15, 0.2) is 0 Å². The molecule has 2 atom stereocenters. The molecule has 0 aliphatic carbocycles. The summed E-state index contributed by atoms with van der Waals surface area (Å²) in [6.07, 6.45) is -1.01. The van der Waals surface area contributed by atoms with Crippen molar-refractivity contribution in [3.05, 3.63) is 21.3 Å². The molecule has 2 N–H and O–H groups in total. The quantitative estimate of drug-likeness (QED) is 0.864. The van der Waals surface area contributed by atoms with E-state index in [2.05, 4.69) is 0 Å². The molecular weight excluding hydrogens is 232 g/mol. The smallest absolute Gasteiger partial charge is 0.0931 e. The summed E-state index contributed by atoms with van der Waals surface area (Å²) < 4.78 is 0.711. The maximum atomic E-state index is 9.84. The molecule has 0 fully saturated rings. The lowest BCUT2D eigenvalue weighted by atomic mass is 9.85. The highest BCUT2D eigenvalue weighted by molar-refractivity contribution is 7.16. The molecular formula is C11H17ClO2S. The van der Waals surface area contributed by atoms with Crippen LogP contribution in [0.25, 0.3) is 0 Å². The molecule has 0 bridgehead atoms. The Morgan fingerprint density at radius 1 is 1.33 bits per heavy atom. The molecule has 1 rings (SSSR count). The summed E-state index contributed by atoms with van der Waals surface area (Å²) in [6.45, 7) is 5.72. The molecule has 2 unspecified atom stereocenters. The Balaban J connectivity index is 2.59. The first-order valence-electron chi connectivity index (χ1n) is 4.91. The first-order valence-corrected chi connectivity index (χ1v) is 6.10. The summed E-state index contributed by atoms with van der Waals surface area (Å²) in [4.78, 5) is 0.996. The van der Waals surface area contributed by atoms with Gasteiger partial charge in [0.2, 0.25) is 0 Å². The second-order valence-corrected chi connectivity index (χ2v) is 6.59. The minimum atomic E-state index is -0.736. The molecule has 0 radical (unpaired) electrons. The maximum absolute atomic E-state index is 9.84. The molecule has 15 heavy (non-hydrogen) atoms. The number of aliphatic hydroxyl groups excluding tert-OH is 2. The fraction of sp³-hybridized carbons (Fsp3) is 0.636. The Bertz CT molecular complexity index is 317. The zero-order chi connectivity index (χ0) is 11.6. The van der Waals surface area contributed by atoms with Crippen LogP contribution in [-0.2, 0) is 6.42 Å². The van der Waals surface area contributed by atoms with Crippen LogP contribution in [0.15, 0.2) is 12.1 Å². The van der Waals surface area contributed by atoms with E-state index < -0.39 is 12.2 Å². The molecule has 1 aromatic heterocycles. The molecule has 86 valence electrons. The van der Waals surface area contributed by atoms with Crippen molar-refractivity contribution in [2.75, 3.05) is 0 Å². The van der Waals surface area contributed by atoms with E-state index in [1.807, 2.05) is 26.8 Å². The van der Waals surface area contributed by atoms with Crippen LogP contribution in [0, 0.1) is 5.41 Å². The molecule has 1 heterocycles. The van der Waals surface area contributed by atoms with Crippen LogP contribution in [0.5, 0.6) is 0 Å². The average molecular weight is 249 g/mol. The van der Waals surface area contributed by atoms with E-state index in [1.54, 1.807) is 6.07 Å². The van der Waals surface area contributed by atoms with Gasteiger partial charge in [0.05, 0.1) is 16.5 Å². The minimum Gasteiger partial charge on any atom is -0.390 e. The van der Waals surface area contributed by atoms with E-state index >= 15 is 0 Å². The number of hydrogen-bond acceptors (Lipinski definition) is 3. The van der Waals surface area contributed by atoms with E-state index in [-0.39, 0.29) is 5.41 Å². The van der Waals surface area contributed by atoms with Crippen molar-refractivity contribution < 1.29 is 10.2 Å². The van der Waals surface area contributed by atoms with Gasteiger partial charge in [0, 0.05) is 11.3 Å². The fourth-order valence-electron chi connectivity index (χ4n) is 1.36. The van der Waals surface area contributed by atoms with Crippen molar-refractivity contribution in [2.45, 2.75) is 39.4 Å². The van der Waals surface area contributed by atoms with E-state index in [4.69, 9.17) is 11.6 Å². The SMILES string of the molecule is CC(C)(C)C(O)C(O)Cc1ccc(Cl)s1. The number of thiophene rings is 1. The number of hydrogen-bond donors (Lipinski definition) is 2. The predicted molar refractivity (Wildman–Crippen MR) is 64.5 cm³/mol. The van der Waals surface area contributed by atoms with Gasteiger partial charge in [-0.15, -0.1) is 11.3 Å². The molecule has 0 saturated carbocycles. The minimum absolute atomic E-state index is 0.305. The lowest BCUT2D eigenvalue weighted by Crippen LogP contribution is -2.38. The Morgan fingerprint density at radius 3 is 2.33 bits per heavy atom. The molecule has 0 aliphatic rings. The van der Waals surface area contributed by atoms with Gasteiger partial charge in [-0.2, -0.15) is 0 Å². The zero-order valence-corrected chi connectivity index (χ0v) is 10.8. The van der Waals surface area contributed by atoms with Gasteiger partial charge in [-0.25, -0.2) is 0 Å². The van der Waals surface area contributed by atoms with Crippen molar-refractivity contribution >= 4 is 22.9 Å². The van der Waals surface area contributed by atoms with Crippen molar-refractivity contribution in [1.29, 1.82) is 0 Å². The highest BCUT2D eigenvalue weighted by atomic mass is 35.5. The first-order chi connectivity index (χ1) is 6.80. The van der Waals surface area contributed by atoms with Gasteiger partial charge in [0.1, 0.15) is 0 Å². The Hall–Kier alpha value is -0.0900. The lowest BCUT2D eigenvalue weighted by Gasteiger charge is -2.29. The Labute approximate surface area is 99.5 Å². The van der Waals surface area contributed by atoms with Crippen LogP contribution in [0.4, 0.5) is 0 Å². The van der Waals surface area contributed by atoms with Crippen molar-refractivity contribution in [2.24, 2.45) is 5.41 Å². The standard InChI is InChI=1S/C11H17ClO2S/c1-11(2,3)10(14)8(13)6-7-4-5-9(12)15-7/h4-5,8,10,13-14H,6H2,1-3H3. The largest absolute Gasteiger partial charge is 0.390 e. The van der Waals surface area contributed by atoms with E-state index in [9.17, 15) is 10.2 Å². The molecule has 0 aromatic carbocycles. The van der Waals surface area contributed by atoms with Gasteiger partial charge in [0.25, 0.3) is 0 Å². The van der Waals surface area contributed by atoms with Crippen LogP contribution in [0.2, 0.25) is 4.34 Å². The fourth-order valence-corrected chi connectivity index (χ4v) is 2.49. The van der Waals surface area contributed by atoms with Crippen molar-refractivity contribution in [3.8, 4) is 0 Å². The van der Waals surface area contributed by atoms with Crippen LogP contribution in [0.3, 0.4) is 0 Å². The van der Waals surface area contributed by atoms with E-state index in [1.165, 1.54) is 11.3 Å². The summed E-state index contributed by atoms with van der Waals surface area (Å²) in [7, 11) is 0. The highest BCUT2D eigenvalue weighted by Gasteiger charge is 2.29. The zero-order valence-electron chi connectivity index (χ0n) is 9.20. The molecule has 1 aromatic rings. The first kappa shape index (κ1) is 13.0. The van der Waals surface area contributed by atoms with Crippen LogP contribution < -0.4 is 0 Å².